The minimum absolute atomic E-state index is 0.360. The third-order valence-electron chi connectivity index (χ3n) is 2.03. The van der Waals surface area contributed by atoms with Gasteiger partial charge in [0.2, 0.25) is 0 Å². The van der Waals surface area contributed by atoms with Gasteiger partial charge in [-0.2, -0.15) is 5.26 Å². The number of nitrogens with zero attached hydrogens (tertiary/aromatic N) is 1. The van der Waals surface area contributed by atoms with Crippen LogP contribution in [0.2, 0.25) is 0 Å². The van der Waals surface area contributed by atoms with Crippen LogP contribution in [-0.2, 0) is 0 Å². The second kappa shape index (κ2) is 5.59. The molecule has 0 bridgehead atoms. The molecule has 0 aromatic rings. The van der Waals surface area contributed by atoms with E-state index in [0.29, 0.717) is 0 Å². The molecule has 1 nitrogen and oxygen atoms in total. The van der Waals surface area contributed by atoms with Gasteiger partial charge in [0, 0.05) is 0 Å². The molecule has 0 saturated carbocycles. The van der Waals surface area contributed by atoms with Crippen LogP contribution in [0.4, 0.5) is 0 Å². The maximum absolute atomic E-state index is 8.99. The Kier molecular flexibility index (Phi) is 5.14. The lowest BCUT2D eigenvalue weighted by molar-refractivity contribution is 0.571. The largest absolute Gasteiger partial charge is 0.197 e. The third kappa shape index (κ3) is 4.52. The predicted octanol–water partition coefficient (Wildman–Crippen LogP) is 3.84. The van der Waals surface area contributed by atoms with Gasteiger partial charge in [-0.05, 0) is 26.7 Å². The number of rotatable bonds is 5. The summed E-state index contributed by atoms with van der Waals surface area (Å²) in [5.74, 6) is 0. The van der Waals surface area contributed by atoms with Gasteiger partial charge in [0.05, 0.1) is 11.5 Å². The highest BCUT2D eigenvalue weighted by Crippen LogP contribution is 2.25. The second-order valence-corrected chi connectivity index (χ2v) is 3.76. The Morgan fingerprint density at radius 3 is 2.62 bits per heavy atom. The quantitative estimate of drug-likeness (QED) is 0.585. The zero-order chi connectivity index (χ0) is 10.3. The first-order valence-corrected chi connectivity index (χ1v) is 4.78. The Morgan fingerprint density at radius 2 is 2.23 bits per heavy atom. The molecule has 72 valence electrons. The molecule has 0 aromatic heterocycles. The molecule has 1 unspecified atom stereocenters. The highest BCUT2D eigenvalue weighted by molar-refractivity contribution is 5.16. The molecule has 0 aliphatic carbocycles. The summed E-state index contributed by atoms with van der Waals surface area (Å²) in [5.41, 5.74) is 0.939. The summed E-state index contributed by atoms with van der Waals surface area (Å²) in [7, 11) is 0. The summed E-state index contributed by atoms with van der Waals surface area (Å²) in [6, 6.07) is 2.32. The van der Waals surface area contributed by atoms with Gasteiger partial charge in [-0.15, -0.1) is 6.58 Å². The van der Waals surface area contributed by atoms with E-state index >= 15 is 0 Å². The molecule has 0 saturated heterocycles. The van der Waals surface area contributed by atoms with Crippen molar-refractivity contribution in [2.45, 2.75) is 40.0 Å². The SMILES string of the molecule is C=CCC(C)(C#N)C=C(C)CCC. The predicted molar refractivity (Wildman–Crippen MR) is 57.2 cm³/mol. The van der Waals surface area contributed by atoms with Gasteiger partial charge in [-0.1, -0.05) is 31.1 Å². The third-order valence-corrected chi connectivity index (χ3v) is 2.03. The van der Waals surface area contributed by atoms with Crippen LogP contribution in [0.15, 0.2) is 24.3 Å². The molecule has 1 atom stereocenters. The Hall–Kier alpha value is -1.03. The Bertz CT molecular complexity index is 232. The fourth-order valence-corrected chi connectivity index (χ4v) is 1.45. The zero-order valence-electron chi connectivity index (χ0n) is 8.93. The van der Waals surface area contributed by atoms with Gasteiger partial charge in [-0.3, -0.25) is 0 Å². The summed E-state index contributed by atoms with van der Waals surface area (Å²) >= 11 is 0. The second-order valence-electron chi connectivity index (χ2n) is 3.76. The van der Waals surface area contributed by atoms with Crippen molar-refractivity contribution in [3.8, 4) is 6.07 Å². The summed E-state index contributed by atoms with van der Waals surface area (Å²) in [6.07, 6.45) is 6.81. The van der Waals surface area contributed by atoms with Gasteiger partial charge in [0.1, 0.15) is 0 Å². The molecule has 1 heteroatoms. The van der Waals surface area contributed by atoms with Crippen LogP contribution in [0.3, 0.4) is 0 Å². The number of hydrogen-bond acceptors (Lipinski definition) is 1. The molecular formula is C12H19N. The zero-order valence-corrected chi connectivity index (χ0v) is 8.93. The number of hydrogen-bond donors (Lipinski definition) is 0. The van der Waals surface area contributed by atoms with Crippen LogP contribution in [0.25, 0.3) is 0 Å². The van der Waals surface area contributed by atoms with E-state index in [9.17, 15) is 0 Å². The van der Waals surface area contributed by atoms with E-state index in [4.69, 9.17) is 5.26 Å². The van der Waals surface area contributed by atoms with Crippen LogP contribution < -0.4 is 0 Å². The average Bonchev–Trinajstić information content (AvgIpc) is 2.05. The molecule has 0 amide bonds. The summed E-state index contributed by atoms with van der Waals surface area (Å²) in [6.45, 7) is 9.85. The minimum Gasteiger partial charge on any atom is -0.197 e. The van der Waals surface area contributed by atoms with Crippen molar-refractivity contribution in [2.24, 2.45) is 5.41 Å². The van der Waals surface area contributed by atoms with E-state index < -0.39 is 0 Å². The maximum Gasteiger partial charge on any atom is 0.0762 e. The molecule has 0 fully saturated rings. The van der Waals surface area contributed by atoms with Crippen LogP contribution in [0.1, 0.15) is 40.0 Å². The number of allylic oxidation sites excluding steroid dienone is 3. The first kappa shape index (κ1) is 12.0. The Balaban J connectivity index is 4.51. The molecule has 0 heterocycles. The molecule has 0 radical (unpaired) electrons. The number of nitriles is 1. The van der Waals surface area contributed by atoms with Crippen LogP contribution in [0.5, 0.6) is 0 Å². The molecule has 0 aliphatic heterocycles. The lowest BCUT2D eigenvalue weighted by atomic mass is 9.86. The van der Waals surface area contributed by atoms with Gasteiger partial charge < -0.3 is 0 Å². The van der Waals surface area contributed by atoms with Crippen LogP contribution in [0, 0.1) is 16.7 Å². The monoisotopic (exact) mass is 177 g/mol. The van der Waals surface area contributed by atoms with Gasteiger partial charge >= 0.3 is 0 Å². The van der Waals surface area contributed by atoms with Crippen molar-refractivity contribution in [3.05, 3.63) is 24.3 Å². The average molecular weight is 177 g/mol. The summed E-state index contributed by atoms with van der Waals surface area (Å²) < 4.78 is 0. The highest BCUT2D eigenvalue weighted by Gasteiger charge is 2.18. The van der Waals surface area contributed by atoms with Crippen molar-refractivity contribution in [1.82, 2.24) is 0 Å². The van der Waals surface area contributed by atoms with E-state index in [1.807, 2.05) is 6.92 Å². The van der Waals surface area contributed by atoms with Crippen LogP contribution in [-0.4, -0.2) is 0 Å². The summed E-state index contributed by atoms with van der Waals surface area (Å²) in [4.78, 5) is 0. The first-order chi connectivity index (χ1) is 6.08. The highest BCUT2D eigenvalue weighted by atomic mass is 14.3. The lowest BCUT2D eigenvalue weighted by Crippen LogP contribution is -2.09. The van der Waals surface area contributed by atoms with E-state index in [0.717, 1.165) is 19.3 Å². The lowest BCUT2D eigenvalue weighted by Gasteiger charge is -2.15. The molecule has 0 N–H and O–H groups in total. The molecule has 13 heavy (non-hydrogen) atoms. The van der Waals surface area contributed by atoms with Crippen molar-refractivity contribution < 1.29 is 0 Å². The Morgan fingerprint density at radius 1 is 1.62 bits per heavy atom. The molecule has 0 aliphatic rings. The fourth-order valence-electron chi connectivity index (χ4n) is 1.45. The van der Waals surface area contributed by atoms with Crippen molar-refractivity contribution in [1.29, 1.82) is 5.26 Å². The van der Waals surface area contributed by atoms with E-state index in [2.05, 4.69) is 32.6 Å². The molecule has 0 rings (SSSR count). The van der Waals surface area contributed by atoms with Crippen molar-refractivity contribution in [3.63, 3.8) is 0 Å². The smallest absolute Gasteiger partial charge is 0.0762 e. The van der Waals surface area contributed by atoms with Crippen molar-refractivity contribution >= 4 is 0 Å². The standard InChI is InChI=1S/C12H19N/c1-5-7-11(3)9-12(4,10-13)8-6-2/h6,9H,2,5,7-8H2,1,3-4H3. The Labute approximate surface area is 81.8 Å². The van der Waals surface area contributed by atoms with Crippen LogP contribution >= 0.6 is 0 Å². The maximum atomic E-state index is 8.99. The molecular weight excluding hydrogens is 158 g/mol. The normalized spacial score (nSPS) is 16.0. The minimum atomic E-state index is -0.360. The first-order valence-electron chi connectivity index (χ1n) is 4.78. The van der Waals surface area contributed by atoms with E-state index in [1.165, 1.54) is 5.57 Å². The van der Waals surface area contributed by atoms with Gasteiger partial charge in [0.25, 0.3) is 0 Å². The fraction of sp³-hybridized carbons (Fsp3) is 0.583. The molecule has 0 aromatic carbocycles. The van der Waals surface area contributed by atoms with Crippen molar-refractivity contribution in [2.75, 3.05) is 0 Å². The van der Waals surface area contributed by atoms with Gasteiger partial charge in [-0.25, -0.2) is 0 Å². The van der Waals surface area contributed by atoms with Gasteiger partial charge in [0.15, 0.2) is 0 Å². The topological polar surface area (TPSA) is 23.8 Å². The van der Waals surface area contributed by atoms with E-state index in [-0.39, 0.29) is 5.41 Å². The molecule has 0 spiro atoms. The summed E-state index contributed by atoms with van der Waals surface area (Å²) in [5, 5.41) is 8.99. The van der Waals surface area contributed by atoms with E-state index in [1.54, 1.807) is 6.08 Å².